The van der Waals surface area contributed by atoms with E-state index in [-0.39, 0.29) is 5.41 Å². The fraction of sp³-hybridized carbons (Fsp3) is 0.0545. The van der Waals surface area contributed by atoms with E-state index in [1.54, 1.807) is 0 Å². The molecular formula is C55H38. The summed E-state index contributed by atoms with van der Waals surface area (Å²) in [6.45, 7) is 4.79. The van der Waals surface area contributed by atoms with Crippen LogP contribution in [0.2, 0.25) is 0 Å². The fourth-order valence-corrected chi connectivity index (χ4v) is 9.72. The van der Waals surface area contributed by atoms with Crippen molar-refractivity contribution in [2.45, 2.75) is 19.3 Å². The van der Waals surface area contributed by atoms with E-state index in [4.69, 9.17) is 0 Å². The third-order valence-electron chi connectivity index (χ3n) is 12.3. The molecule has 11 rings (SSSR count). The predicted molar refractivity (Wildman–Crippen MR) is 236 cm³/mol. The molecule has 1 aliphatic rings. The second-order valence-corrected chi connectivity index (χ2v) is 15.6. The maximum atomic E-state index is 2.55. The van der Waals surface area contributed by atoms with Gasteiger partial charge in [0.25, 0.3) is 0 Å². The minimum Gasteiger partial charge on any atom is -0.0622 e. The molecule has 0 N–H and O–H groups in total. The molecule has 1 aliphatic carbocycles. The second-order valence-electron chi connectivity index (χ2n) is 15.6. The largest absolute Gasteiger partial charge is 0.0622 e. The monoisotopic (exact) mass is 698 g/mol. The molecule has 10 aromatic carbocycles. The normalized spacial score (nSPS) is 13.1. The Bertz CT molecular complexity index is 3150. The van der Waals surface area contributed by atoms with Gasteiger partial charge in [0.05, 0.1) is 0 Å². The van der Waals surface area contributed by atoms with Crippen LogP contribution in [-0.2, 0) is 5.41 Å². The van der Waals surface area contributed by atoms with Gasteiger partial charge in [-0.15, -0.1) is 0 Å². The third-order valence-corrected chi connectivity index (χ3v) is 12.3. The molecule has 0 aromatic heterocycles. The summed E-state index contributed by atoms with van der Waals surface area (Å²) in [6, 6.07) is 72.2. The summed E-state index contributed by atoms with van der Waals surface area (Å²) in [5.41, 5.74) is 15.4. The van der Waals surface area contributed by atoms with Gasteiger partial charge < -0.3 is 0 Å². The molecule has 0 heterocycles. The summed E-state index contributed by atoms with van der Waals surface area (Å²) in [4.78, 5) is 0. The van der Waals surface area contributed by atoms with Crippen molar-refractivity contribution in [1.82, 2.24) is 0 Å². The first kappa shape index (κ1) is 31.7. The molecule has 0 amide bonds. The van der Waals surface area contributed by atoms with Crippen molar-refractivity contribution in [2.24, 2.45) is 0 Å². The van der Waals surface area contributed by atoms with Crippen molar-refractivity contribution in [1.29, 1.82) is 0 Å². The Morgan fingerprint density at radius 3 is 1.15 bits per heavy atom. The van der Waals surface area contributed by atoms with E-state index in [9.17, 15) is 0 Å². The number of hydrogen-bond donors (Lipinski definition) is 0. The maximum Gasteiger partial charge on any atom is 0.0159 e. The van der Waals surface area contributed by atoms with E-state index < -0.39 is 0 Å². The molecule has 0 radical (unpaired) electrons. The lowest BCUT2D eigenvalue weighted by Crippen LogP contribution is -2.14. The summed E-state index contributed by atoms with van der Waals surface area (Å²) in [6.07, 6.45) is 0. The van der Waals surface area contributed by atoms with Gasteiger partial charge in [0, 0.05) is 5.41 Å². The quantitative estimate of drug-likeness (QED) is 0.161. The Balaban J connectivity index is 1.30. The SMILES string of the molecule is CC1(C)c2ccccc2-c2cc3c(-c4ccc(-c5ccccc5)c5ccccc45)c4ccccc4c(-c4ccc(-c5ccccc5)c5ccccc45)c3cc21. The van der Waals surface area contributed by atoms with Crippen LogP contribution in [0.4, 0.5) is 0 Å². The van der Waals surface area contributed by atoms with E-state index >= 15 is 0 Å². The van der Waals surface area contributed by atoms with E-state index in [0.29, 0.717) is 0 Å². The standard InChI is InChI=1S/C55H38/c1-55(2)51-28-16-15-25-43(51)48-33-49-50(34-52(48)55)54(47-32-30-38(36-19-7-4-8-20-36)40-22-10-12-24-42(40)47)45-27-14-13-26-44(45)53(49)46-31-29-37(35-17-5-3-6-18-35)39-21-9-11-23-41(39)46/h3-34H,1-2H3. The maximum absolute atomic E-state index is 2.55. The van der Waals surface area contributed by atoms with Crippen molar-refractivity contribution in [3.8, 4) is 55.6 Å². The molecule has 0 saturated heterocycles. The van der Waals surface area contributed by atoms with Gasteiger partial charge in [-0.2, -0.15) is 0 Å². The molecule has 0 aliphatic heterocycles. The predicted octanol–water partition coefficient (Wildman–Crippen LogP) is 15.3. The van der Waals surface area contributed by atoms with E-state index in [0.717, 1.165) is 0 Å². The number of rotatable bonds is 4. The minimum atomic E-state index is -0.132. The van der Waals surface area contributed by atoms with Crippen LogP contribution in [0, 0.1) is 0 Å². The highest BCUT2D eigenvalue weighted by molar-refractivity contribution is 6.27. The zero-order valence-electron chi connectivity index (χ0n) is 31.0. The Morgan fingerprint density at radius 2 is 0.636 bits per heavy atom. The molecule has 258 valence electrons. The van der Waals surface area contributed by atoms with E-state index in [1.807, 2.05) is 0 Å². The average Bonchev–Trinajstić information content (AvgIpc) is 3.47. The molecule has 0 nitrogen and oxygen atoms in total. The number of hydrogen-bond acceptors (Lipinski definition) is 0. The van der Waals surface area contributed by atoms with Crippen LogP contribution < -0.4 is 0 Å². The summed E-state index contributed by atoms with van der Waals surface area (Å²) >= 11 is 0. The molecule has 0 bridgehead atoms. The fourth-order valence-electron chi connectivity index (χ4n) is 9.72. The van der Waals surface area contributed by atoms with Gasteiger partial charge in [-0.3, -0.25) is 0 Å². The van der Waals surface area contributed by atoms with Gasteiger partial charge >= 0.3 is 0 Å². The van der Waals surface area contributed by atoms with Crippen molar-refractivity contribution >= 4 is 43.1 Å². The zero-order chi connectivity index (χ0) is 36.7. The van der Waals surface area contributed by atoms with Gasteiger partial charge in [0.2, 0.25) is 0 Å². The first-order valence-corrected chi connectivity index (χ1v) is 19.4. The van der Waals surface area contributed by atoms with Crippen LogP contribution in [-0.4, -0.2) is 0 Å². The van der Waals surface area contributed by atoms with E-state index in [1.165, 1.54) is 110 Å². The van der Waals surface area contributed by atoms with Gasteiger partial charge in [0.15, 0.2) is 0 Å². The topological polar surface area (TPSA) is 0 Å². The molecule has 0 heteroatoms. The Labute approximate surface area is 322 Å². The Hall–Kier alpha value is -6.76. The molecular weight excluding hydrogens is 661 g/mol. The van der Waals surface area contributed by atoms with Crippen molar-refractivity contribution < 1.29 is 0 Å². The van der Waals surface area contributed by atoms with Crippen LogP contribution in [0.3, 0.4) is 0 Å². The Morgan fingerprint density at radius 1 is 0.255 bits per heavy atom. The highest BCUT2D eigenvalue weighted by Crippen LogP contribution is 2.54. The minimum absolute atomic E-state index is 0.132. The molecule has 0 spiro atoms. The summed E-state index contributed by atoms with van der Waals surface area (Å²) in [7, 11) is 0. The first-order valence-electron chi connectivity index (χ1n) is 19.4. The Kier molecular flexibility index (Phi) is 7.00. The summed E-state index contributed by atoms with van der Waals surface area (Å²) < 4.78 is 0. The third kappa shape index (κ3) is 4.71. The molecule has 0 saturated carbocycles. The van der Waals surface area contributed by atoms with Gasteiger partial charge in [-0.1, -0.05) is 196 Å². The van der Waals surface area contributed by atoms with Crippen molar-refractivity contribution in [3.05, 3.63) is 205 Å². The van der Waals surface area contributed by atoms with Crippen LogP contribution in [0.15, 0.2) is 194 Å². The smallest absolute Gasteiger partial charge is 0.0159 e. The van der Waals surface area contributed by atoms with Crippen LogP contribution >= 0.6 is 0 Å². The lowest BCUT2D eigenvalue weighted by Gasteiger charge is -2.24. The zero-order valence-corrected chi connectivity index (χ0v) is 31.0. The summed E-state index contributed by atoms with van der Waals surface area (Å²) in [5.74, 6) is 0. The van der Waals surface area contributed by atoms with Gasteiger partial charge in [0.1, 0.15) is 0 Å². The molecule has 0 atom stereocenters. The highest BCUT2D eigenvalue weighted by atomic mass is 14.4. The van der Waals surface area contributed by atoms with E-state index in [2.05, 4.69) is 208 Å². The number of benzene rings is 10. The molecule has 0 fully saturated rings. The van der Waals surface area contributed by atoms with Crippen LogP contribution in [0.1, 0.15) is 25.0 Å². The highest BCUT2D eigenvalue weighted by Gasteiger charge is 2.36. The molecule has 55 heavy (non-hydrogen) atoms. The van der Waals surface area contributed by atoms with Gasteiger partial charge in [-0.25, -0.2) is 0 Å². The second kappa shape index (κ2) is 12.1. The van der Waals surface area contributed by atoms with Crippen LogP contribution in [0.25, 0.3) is 98.7 Å². The number of fused-ring (bicyclic) bond motifs is 7. The van der Waals surface area contributed by atoms with Crippen LogP contribution in [0.5, 0.6) is 0 Å². The van der Waals surface area contributed by atoms with Gasteiger partial charge in [-0.05, 0) is 122 Å². The lowest BCUT2D eigenvalue weighted by molar-refractivity contribution is 0.661. The summed E-state index contributed by atoms with van der Waals surface area (Å²) in [5, 5.41) is 10.2. The molecule has 10 aromatic rings. The van der Waals surface area contributed by atoms with Crippen molar-refractivity contribution in [3.63, 3.8) is 0 Å². The average molecular weight is 699 g/mol. The first-order chi connectivity index (χ1) is 27.1. The van der Waals surface area contributed by atoms with Crippen molar-refractivity contribution in [2.75, 3.05) is 0 Å². The lowest BCUT2D eigenvalue weighted by atomic mass is 9.78. The molecule has 0 unspecified atom stereocenters.